The van der Waals surface area contributed by atoms with Crippen molar-refractivity contribution in [2.45, 2.75) is 57.2 Å². The lowest BCUT2D eigenvalue weighted by atomic mass is 9.77. The quantitative estimate of drug-likeness (QED) is 0.600. The van der Waals surface area contributed by atoms with Gasteiger partial charge in [0.2, 0.25) is 0 Å². The van der Waals surface area contributed by atoms with Crippen LogP contribution in [-0.2, 0) is 10.2 Å². The van der Waals surface area contributed by atoms with Gasteiger partial charge in [-0.1, -0.05) is 56.1 Å². The smallest absolute Gasteiger partial charge is 0.0631 e. The minimum absolute atomic E-state index is 0.0424. The average molecular weight is 404 g/mol. The van der Waals surface area contributed by atoms with Crippen molar-refractivity contribution < 1.29 is 4.74 Å². The molecule has 0 N–H and O–H groups in total. The molecule has 1 saturated heterocycles. The van der Waals surface area contributed by atoms with Crippen LogP contribution in [-0.4, -0.2) is 22.4 Å². The van der Waals surface area contributed by atoms with Crippen molar-refractivity contribution >= 4 is 31.9 Å². The highest BCUT2D eigenvalue weighted by Gasteiger charge is 2.39. The maximum Gasteiger partial charge on any atom is 0.0631 e. The van der Waals surface area contributed by atoms with E-state index in [2.05, 4.69) is 76.9 Å². The van der Waals surface area contributed by atoms with E-state index in [-0.39, 0.29) is 11.0 Å². The van der Waals surface area contributed by atoms with E-state index in [1.165, 1.54) is 17.5 Å². The normalized spacial score (nSPS) is 22.1. The molecule has 1 aliphatic rings. The molecule has 1 unspecified atom stereocenters. The molecule has 2 rings (SSSR count). The van der Waals surface area contributed by atoms with E-state index in [0.717, 1.165) is 23.5 Å². The third kappa shape index (κ3) is 3.48. The molecule has 1 aliphatic heterocycles. The molecule has 0 aromatic heterocycles. The van der Waals surface area contributed by atoms with Gasteiger partial charge in [-0.3, -0.25) is 0 Å². The van der Waals surface area contributed by atoms with Gasteiger partial charge in [-0.25, -0.2) is 0 Å². The van der Waals surface area contributed by atoms with Gasteiger partial charge in [0.1, 0.15) is 0 Å². The highest BCUT2D eigenvalue weighted by molar-refractivity contribution is 9.09. The van der Waals surface area contributed by atoms with Crippen molar-refractivity contribution in [2.24, 2.45) is 0 Å². The fourth-order valence-electron chi connectivity index (χ4n) is 3.22. The molecule has 1 aromatic carbocycles. The molecule has 0 radical (unpaired) electrons. The van der Waals surface area contributed by atoms with Gasteiger partial charge >= 0.3 is 0 Å². The predicted octanol–water partition coefficient (Wildman–Crippen LogP) is 5.37. The fourth-order valence-corrected chi connectivity index (χ4v) is 5.21. The first-order valence-electron chi connectivity index (χ1n) is 7.28. The van der Waals surface area contributed by atoms with E-state index in [9.17, 15) is 0 Å². The molecule has 0 aliphatic carbocycles. The molecule has 3 heteroatoms. The molecular weight excluding hydrogens is 380 g/mol. The Bertz CT molecular complexity index is 452. The highest BCUT2D eigenvalue weighted by Crippen LogP contribution is 2.41. The molecule has 1 nitrogen and oxygen atoms in total. The number of alkyl halides is 2. The lowest BCUT2D eigenvalue weighted by Crippen LogP contribution is -2.36. The topological polar surface area (TPSA) is 9.23 Å². The Balaban J connectivity index is 2.25. The first kappa shape index (κ1) is 16.5. The Hall–Kier alpha value is 0.140. The summed E-state index contributed by atoms with van der Waals surface area (Å²) in [6.45, 7) is 6.60. The van der Waals surface area contributed by atoms with Crippen molar-refractivity contribution in [3.8, 4) is 0 Å². The zero-order chi connectivity index (χ0) is 14.8. The second-order valence-electron chi connectivity index (χ2n) is 6.60. The summed E-state index contributed by atoms with van der Waals surface area (Å²) in [5.74, 6) is 0. The molecule has 1 heterocycles. The number of benzene rings is 1. The van der Waals surface area contributed by atoms with Crippen LogP contribution in [0, 0.1) is 6.92 Å². The maximum atomic E-state index is 6.23. The second-order valence-corrected chi connectivity index (χ2v) is 7.73. The van der Waals surface area contributed by atoms with Crippen LogP contribution in [0.15, 0.2) is 24.3 Å². The van der Waals surface area contributed by atoms with Gasteiger partial charge in [0, 0.05) is 16.1 Å². The largest absolute Gasteiger partial charge is 0.372 e. The highest BCUT2D eigenvalue weighted by atomic mass is 79.9. The molecule has 0 saturated carbocycles. The number of hydrogen-bond donors (Lipinski definition) is 0. The third-order valence-corrected chi connectivity index (χ3v) is 6.55. The summed E-state index contributed by atoms with van der Waals surface area (Å²) in [5, 5.41) is 1.91. The van der Waals surface area contributed by atoms with E-state index in [0.29, 0.717) is 6.10 Å². The minimum atomic E-state index is 0.0424. The molecule has 1 fully saturated rings. The summed E-state index contributed by atoms with van der Waals surface area (Å²) in [4.78, 5) is 0. The van der Waals surface area contributed by atoms with Crippen LogP contribution in [0.1, 0.15) is 44.2 Å². The summed E-state index contributed by atoms with van der Waals surface area (Å²) in [5.41, 5.74) is 2.95. The first-order chi connectivity index (χ1) is 9.42. The van der Waals surface area contributed by atoms with Crippen LogP contribution in [0.5, 0.6) is 0 Å². The monoisotopic (exact) mass is 402 g/mol. The standard InChI is InChI=1S/C17H24Br2O/c1-13-6-4-5-7-15(13)17(11-18,12-19)10-14-8-9-16(2,3)20-14/h4-7,14H,8-12H2,1-3H3. The molecule has 0 spiro atoms. The minimum Gasteiger partial charge on any atom is -0.372 e. The van der Waals surface area contributed by atoms with Gasteiger partial charge in [-0.2, -0.15) is 0 Å². The van der Waals surface area contributed by atoms with Gasteiger partial charge in [0.25, 0.3) is 0 Å². The Morgan fingerprint density at radius 2 is 1.90 bits per heavy atom. The maximum absolute atomic E-state index is 6.23. The SMILES string of the molecule is Cc1ccccc1C(CBr)(CBr)CC1CCC(C)(C)O1. The molecule has 0 amide bonds. The van der Waals surface area contributed by atoms with E-state index < -0.39 is 0 Å². The average Bonchev–Trinajstić information content (AvgIpc) is 2.76. The van der Waals surface area contributed by atoms with Crippen LogP contribution < -0.4 is 0 Å². The van der Waals surface area contributed by atoms with Crippen molar-refractivity contribution in [3.63, 3.8) is 0 Å². The van der Waals surface area contributed by atoms with E-state index >= 15 is 0 Å². The van der Waals surface area contributed by atoms with E-state index in [1.807, 2.05) is 0 Å². The lowest BCUT2D eigenvalue weighted by molar-refractivity contribution is -0.0247. The van der Waals surface area contributed by atoms with Gasteiger partial charge in [-0.15, -0.1) is 0 Å². The second kappa shape index (κ2) is 6.50. The molecule has 0 bridgehead atoms. The first-order valence-corrected chi connectivity index (χ1v) is 9.53. The fraction of sp³-hybridized carbons (Fsp3) is 0.647. The Morgan fingerprint density at radius 1 is 1.25 bits per heavy atom. The number of halogens is 2. The Morgan fingerprint density at radius 3 is 2.40 bits per heavy atom. The van der Waals surface area contributed by atoms with Crippen molar-refractivity contribution in [1.29, 1.82) is 0 Å². The molecule has 1 aromatic rings. The zero-order valence-corrected chi connectivity index (χ0v) is 15.8. The zero-order valence-electron chi connectivity index (χ0n) is 12.6. The van der Waals surface area contributed by atoms with Crippen LogP contribution in [0.25, 0.3) is 0 Å². The van der Waals surface area contributed by atoms with Crippen LogP contribution >= 0.6 is 31.9 Å². The van der Waals surface area contributed by atoms with Crippen molar-refractivity contribution in [2.75, 3.05) is 10.7 Å². The summed E-state index contributed by atoms with van der Waals surface area (Å²) >= 11 is 7.51. The predicted molar refractivity (Wildman–Crippen MR) is 93.2 cm³/mol. The Kier molecular flexibility index (Phi) is 5.36. The molecule has 20 heavy (non-hydrogen) atoms. The van der Waals surface area contributed by atoms with Gasteiger partial charge in [0.05, 0.1) is 11.7 Å². The van der Waals surface area contributed by atoms with Crippen LogP contribution in [0.3, 0.4) is 0 Å². The summed E-state index contributed by atoms with van der Waals surface area (Å²) in [7, 11) is 0. The molecular formula is C17H24Br2O. The van der Waals surface area contributed by atoms with Gasteiger partial charge in [-0.05, 0) is 51.2 Å². The van der Waals surface area contributed by atoms with Gasteiger partial charge in [0.15, 0.2) is 0 Å². The summed E-state index contributed by atoms with van der Waals surface area (Å²) < 4.78 is 6.23. The summed E-state index contributed by atoms with van der Waals surface area (Å²) in [6.07, 6.45) is 3.75. The van der Waals surface area contributed by atoms with Crippen LogP contribution in [0.2, 0.25) is 0 Å². The van der Waals surface area contributed by atoms with Gasteiger partial charge < -0.3 is 4.74 Å². The molecule has 112 valence electrons. The van der Waals surface area contributed by atoms with Crippen LogP contribution in [0.4, 0.5) is 0 Å². The molecule has 1 atom stereocenters. The Labute approximate surface area is 139 Å². The third-order valence-electron chi connectivity index (χ3n) is 4.40. The number of aryl methyl sites for hydroxylation is 1. The van der Waals surface area contributed by atoms with E-state index in [1.54, 1.807) is 0 Å². The van der Waals surface area contributed by atoms with Crippen molar-refractivity contribution in [1.82, 2.24) is 0 Å². The number of ether oxygens (including phenoxy) is 1. The number of rotatable bonds is 5. The lowest BCUT2D eigenvalue weighted by Gasteiger charge is -2.35. The summed E-state index contributed by atoms with van der Waals surface area (Å²) in [6, 6.07) is 8.72. The van der Waals surface area contributed by atoms with Crippen molar-refractivity contribution in [3.05, 3.63) is 35.4 Å². The number of hydrogen-bond acceptors (Lipinski definition) is 1. The van der Waals surface area contributed by atoms with E-state index in [4.69, 9.17) is 4.74 Å².